The van der Waals surface area contributed by atoms with Crippen LogP contribution in [0.3, 0.4) is 0 Å². The molecule has 21 heavy (non-hydrogen) atoms. The molecule has 1 aromatic heterocycles. The molecule has 0 unspecified atom stereocenters. The lowest BCUT2D eigenvalue weighted by Gasteiger charge is -2.07. The fourth-order valence-electron chi connectivity index (χ4n) is 2.21. The zero-order valence-corrected chi connectivity index (χ0v) is 11.5. The van der Waals surface area contributed by atoms with Gasteiger partial charge in [0.15, 0.2) is 5.58 Å². The van der Waals surface area contributed by atoms with Crippen LogP contribution < -0.4 is 11.1 Å². The van der Waals surface area contributed by atoms with Crippen LogP contribution in [0.1, 0.15) is 21.5 Å². The molecule has 106 valence electrons. The van der Waals surface area contributed by atoms with Crippen LogP contribution >= 0.6 is 0 Å². The van der Waals surface area contributed by atoms with Gasteiger partial charge in [-0.15, -0.1) is 0 Å². The minimum atomic E-state index is -0.480. The Morgan fingerprint density at radius 3 is 2.86 bits per heavy atom. The summed E-state index contributed by atoms with van der Waals surface area (Å²) in [5.41, 5.74) is 3.62. The third-order valence-corrected chi connectivity index (χ3v) is 3.33. The highest BCUT2D eigenvalue weighted by Crippen LogP contribution is 2.12. The number of H-pyrrole nitrogens is 1. The first-order valence-corrected chi connectivity index (χ1v) is 6.59. The monoisotopic (exact) mass is 282 g/mol. The Morgan fingerprint density at radius 1 is 1.24 bits per heavy atom. The van der Waals surface area contributed by atoms with Crippen molar-refractivity contribution in [1.82, 2.24) is 10.3 Å². The minimum absolute atomic E-state index is 0.117. The SMILES string of the molecule is Cc1ccccc1C(=O)NCc1ccc2oc(=O)[nH]c2c1. The molecule has 0 spiro atoms. The molecule has 0 radical (unpaired) electrons. The van der Waals surface area contributed by atoms with E-state index in [9.17, 15) is 9.59 Å². The van der Waals surface area contributed by atoms with Crippen LogP contribution in [-0.4, -0.2) is 10.9 Å². The van der Waals surface area contributed by atoms with E-state index in [1.165, 1.54) is 0 Å². The predicted octanol–water partition coefficient (Wildman–Crippen LogP) is 2.36. The molecule has 0 bridgehead atoms. The molecule has 0 aliphatic carbocycles. The minimum Gasteiger partial charge on any atom is -0.408 e. The number of hydrogen-bond donors (Lipinski definition) is 2. The Labute approximate surface area is 120 Å². The predicted molar refractivity (Wildman–Crippen MR) is 79.2 cm³/mol. The number of oxazole rings is 1. The average Bonchev–Trinajstić information content (AvgIpc) is 2.84. The Kier molecular flexibility index (Phi) is 3.31. The topological polar surface area (TPSA) is 75.1 Å². The lowest BCUT2D eigenvalue weighted by atomic mass is 10.1. The average molecular weight is 282 g/mol. The molecule has 0 aliphatic heterocycles. The third-order valence-electron chi connectivity index (χ3n) is 3.33. The van der Waals surface area contributed by atoms with E-state index in [0.29, 0.717) is 23.2 Å². The van der Waals surface area contributed by atoms with Gasteiger partial charge in [-0.2, -0.15) is 0 Å². The molecule has 0 fully saturated rings. The van der Waals surface area contributed by atoms with Crippen molar-refractivity contribution >= 4 is 17.0 Å². The summed E-state index contributed by atoms with van der Waals surface area (Å²) in [5, 5.41) is 2.87. The van der Waals surface area contributed by atoms with E-state index < -0.39 is 5.76 Å². The number of benzene rings is 2. The molecular formula is C16H14N2O3. The zero-order chi connectivity index (χ0) is 14.8. The van der Waals surface area contributed by atoms with Gasteiger partial charge in [-0.25, -0.2) is 4.79 Å². The van der Waals surface area contributed by atoms with E-state index >= 15 is 0 Å². The van der Waals surface area contributed by atoms with Crippen LogP contribution in [0.2, 0.25) is 0 Å². The van der Waals surface area contributed by atoms with Crippen molar-refractivity contribution < 1.29 is 9.21 Å². The highest BCUT2D eigenvalue weighted by atomic mass is 16.4. The van der Waals surface area contributed by atoms with Crippen molar-refractivity contribution in [2.75, 3.05) is 0 Å². The maximum atomic E-state index is 12.1. The molecule has 3 aromatic rings. The molecule has 5 heteroatoms. The van der Waals surface area contributed by atoms with Crippen LogP contribution in [0.15, 0.2) is 51.7 Å². The summed E-state index contributed by atoms with van der Waals surface area (Å²) >= 11 is 0. The summed E-state index contributed by atoms with van der Waals surface area (Å²) in [6.07, 6.45) is 0. The molecule has 0 saturated carbocycles. The number of fused-ring (bicyclic) bond motifs is 1. The zero-order valence-electron chi connectivity index (χ0n) is 11.5. The van der Waals surface area contributed by atoms with E-state index in [4.69, 9.17) is 4.42 Å². The first kappa shape index (κ1) is 13.2. The Hall–Kier alpha value is -2.82. The van der Waals surface area contributed by atoms with E-state index in [1.807, 2.05) is 31.2 Å². The lowest BCUT2D eigenvalue weighted by molar-refractivity contribution is 0.0950. The van der Waals surface area contributed by atoms with E-state index in [1.54, 1.807) is 18.2 Å². The van der Waals surface area contributed by atoms with Crippen molar-refractivity contribution in [3.05, 3.63) is 69.7 Å². The number of carbonyl (C=O) groups excluding carboxylic acids is 1. The number of hydrogen-bond acceptors (Lipinski definition) is 3. The van der Waals surface area contributed by atoms with Crippen LogP contribution in [0.25, 0.3) is 11.1 Å². The molecule has 0 saturated heterocycles. The van der Waals surface area contributed by atoms with Gasteiger partial charge in [0.1, 0.15) is 0 Å². The maximum absolute atomic E-state index is 12.1. The number of aromatic amines is 1. The Balaban J connectivity index is 1.75. The van der Waals surface area contributed by atoms with Gasteiger partial charge < -0.3 is 9.73 Å². The molecule has 5 nitrogen and oxygen atoms in total. The smallest absolute Gasteiger partial charge is 0.408 e. The van der Waals surface area contributed by atoms with Crippen molar-refractivity contribution in [2.24, 2.45) is 0 Å². The summed E-state index contributed by atoms with van der Waals surface area (Å²) in [6, 6.07) is 12.7. The first-order chi connectivity index (χ1) is 10.1. The second kappa shape index (κ2) is 5.28. The molecule has 0 atom stereocenters. The summed E-state index contributed by atoms with van der Waals surface area (Å²) in [4.78, 5) is 25.8. The van der Waals surface area contributed by atoms with Gasteiger partial charge in [0, 0.05) is 12.1 Å². The summed E-state index contributed by atoms with van der Waals surface area (Å²) < 4.78 is 4.94. The quantitative estimate of drug-likeness (QED) is 0.774. The van der Waals surface area contributed by atoms with Gasteiger partial charge in [-0.05, 0) is 36.2 Å². The van der Waals surface area contributed by atoms with Crippen LogP contribution in [-0.2, 0) is 6.54 Å². The molecule has 0 aliphatic rings. The van der Waals surface area contributed by atoms with Gasteiger partial charge in [0.25, 0.3) is 5.91 Å². The Morgan fingerprint density at radius 2 is 2.05 bits per heavy atom. The van der Waals surface area contributed by atoms with Gasteiger partial charge in [0.05, 0.1) is 5.52 Å². The van der Waals surface area contributed by atoms with Gasteiger partial charge >= 0.3 is 5.76 Å². The number of carbonyl (C=O) groups is 1. The van der Waals surface area contributed by atoms with E-state index in [-0.39, 0.29) is 5.91 Å². The largest absolute Gasteiger partial charge is 0.417 e. The second-order valence-corrected chi connectivity index (χ2v) is 4.84. The fraction of sp³-hybridized carbons (Fsp3) is 0.125. The molecule has 1 amide bonds. The normalized spacial score (nSPS) is 10.7. The van der Waals surface area contributed by atoms with Crippen molar-refractivity contribution in [3.8, 4) is 0 Å². The molecule has 2 aromatic carbocycles. The van der Waals surface area contributed by atoms with E-state index in [2.05, 4.69) is 10.3 Å². The number of aromatic nitrogens is 1. The van der Waals surface area contributed by atoms with Crippen LogP contribution in [0.5, 0.6) is 0 Å². The van der Waals surface area contributed by atoms with Crippen LogP contribution in [0.4, 0.5) is 0 Å². The van der Waals surface area contributed by atoms with Gasteiger partial charge in [0.2, 0.25) is 0 Å². The summed E-state index contributed by atoms with van der Waals surface area (Å²) in [6.45, 7) is 2.29. The number of rotatable bonds is 3. The first-order valence-electron chi connectivity index (χ1n) is 6.59. The standard InChI is InChI=1S/C16H14N2O3/c1-10-4-2-3-5-12(10)15(19)17-9-11-6-7-14-13(8-11)18-16(20)21-14/h2-8H,9H2,1H3,(H,17,19)(H,18,20). The van der Waals surface area contributed by atoms with Crippen molar-refractivity contribution in [3.63, 3.8) is 0 Å². The number of nitrogens with one attached hydrogen (secondary N) is 2. The summed E-state index contributed by atoms with van der Waals surface area (Å²) in [7, 11) is 0. The van der Waals surface area contributed by atoms with Crippen molar-refractivity contribution in [1.29, 1.82) is 0 Å². The Bertz CT molecular complexity index is 861. The molecular weight excluding hydrogens is 268 g/mol. The van der Waals surface area contributed by atoms with E-state index in [0.717, 1.165) is 11.1 Å². The highest BCUT2D eigenvalue weighted by Gasteiger charge is 2.08. The second-order valence-electron chi connectivity index (χ2n) is 4.84. The van der Waals surface area contributed by atoms with Crippen LogP contribution in [0, 0.1) is 6.92 Å². The highest BCUT2D eigenvalue weighted by molar-refractivity contribution is 5.95. The van der Waals surface area contributed by atoms with Crippen molar-refractivity contribution in [2.45, 2.75) is 13.5 Å². The van der Waals surface area contributed by atoms with Gasteiger partial charge in [-0.3, -0.25) is 9.78 Å². The molecule has 2 N–H and O–H groups in total. The summed E-state index contributed by atoms with van der Waals surface area (Å²) in [5.74, 6) is -0.597. The fourth-order valence-corrected chi connectivity index (χ4v) is 2.21. The van der Waals surface area contributed by atoms with Gasteiger partial charge in [-0.1, -0.05) is 24.3 Å². The number of aryl methyl sites for hydroxylation is 1. The molecule has 1 heterocycles. The maximum Gasteiger partial charge on any atom is 0.417 e. The lowest BCUT2D eigenvalue weighted by Crippen LogP contribution is -2.23. The number of amides is 1. The third kappa shape index (κ3) is 2.72. The molecule has 3 rings (SSSR count).